The third-order valence-corrected chi connectivity index (χ3v) is 5.32. The van der Waals surface area contributed by atoms with Crippen LogP contribution < -0.4 is 10.6 Å². The Hall–Kier alpha value is -0.830. The van der Waals surface area contributed by atoms with Crippen molar-refractivity contribution in [3.63, 3.8) is 0 Å². The molecule has 2 N–H and O–H groups in total. The topological polar surface area (TPSA) is 65.7 Å². The molecule has 0 bridgehead atoms. The van der Waals surface area contributed by atoms with Gasteiger partial charge in [0.15, 0.2) is 5.96 Å². The summed E-state index contributed by atoms with van der Waals surface area (Å²) in [4.78, 5) is 11.7. The fourth-order valence-electron chi connectivity index (χ4n) is 3.44. The standard InChI is InChI=1S/C20H37N5O.HI/c1-7-21-20(23-13-19-24-16(5)17(6)26-19)22-12-18(14(2)3)25-10-8-15(4)9-11-25;/h14-15,18H,7-13H2,1-6H3,(H2,21,22,23);1H. The molecule has 1 unspecified atom stereocenters. The van der Waals surface area contributed by atoms with Gasteiger partial charge in [0.05, 0.1) is 5.69 Å². The smallest absolute Gasteiger partial charge is 0.216 e. The lowest BCUT2D eigenvalue weighted by molar-refractivity contribution is 0.110. The van der Waals surface area contributed by atoms with Gasteiger partial charge >= 0.3 is 0 Å². The van der Waals surface area contributed by atoms with Crippen molar-refractivity contribution in [2.75, 3.05) is 26.2 Å². The predicted octanol–water partition coefficient (Wildman–Crippen LogP) is 3.72. The molecule has 1 aliphatic heterocycles. The second-order valence-electron chi connectivity index (χ2n) is 7.86. The van der Waals surface area contributed by atoms with Crippen molar-refractivity contribution in [3.8, 4) is 0 Å². The third-order valence-electron chi connectivity index (χ3n) is 5.32. The van der Waals surface area contributed by atoms with Crippen LogP contribution in [0.3, 0.4) is 0 Å². The Balaban J connectivity index is 0.00000364. The molecule has 6 nitrogen and oxygen atoms in total. The van der Waals surface area contributed by atoms with Crippen LogP contribution in [0.25, 0.3) is 0 Å². The Morgan fingerprint density at radius 3 is 2.44 bits per heavy atom. The minimum absolute atomic E-state index is 0. The first-order valence-electron chi connectivity index (χ1n) is 10.1. The number of aromatic nitrogens is 1. The zero-order chi connectivity index (χ0) is 19.1. The van der Waals surface area contributed by atoms with Gasteiger partial charge in [-0.15, -0.1) is 24.0 Å². The number of rotatable bonds is 7. The van der Waals surface area contributed by atoms with Crippen molar-refractivity contribution in [3.05, 3.63) is 17.3 Å². The lowest BCUT2D eigenvalue weighted by atomic mass is 9.94. The van der Waals surface area contributed by atoms with Crippen molar-refractivity contribution >= 4 is 29.9 Å². The first-order chi connectivity index (χ1) is 12.4. The second-order valence-corrected chi connectivity index (χ2v) is 7.86. The number of nitrogens with one attached hydrogen (secondary N) is 2. The van der Waals surface area contributed by atoms with Crippen molar-refractivity contribution in [2.24, 2.45) is 16.8 Å². The highest BCUT2D eigenvalue weighted by Crippen LogP contribution is 2.21. The minimum atomic E-state index is 0. The van der Waals surface area contributed by atoms with Crippen LogP contribution in [0.4, 0.5) is 0 Å². The number of hydrogen-bond acceptors (Lipinski definition) is 4. The van der Waals surface area contributed by atoms with E-state index in [0.29, 0.717) is 24.4 Å². The summed E-state index contributed by atoms with van der Waals surface area (Å²) < 4.78 is 5.63. The number of likely N-dealkylation sites (tertiary alicyclic amines) is 1. The van der Waals surface area contributed by atoms with Gasteiger partial charge in [-0.25, -0.2) is 9.98 Å². The summed E-state index contributed by atoms with van der Waals surface area (Å²) in [6.07, 6.45) is 2.61. The average Bonchev–Trinajstić information content (AvgIpc) is 2.92. The Morgan fingerprint density at radius 1 is 1.26 bits per heavy atom. The monoisotopic (exact) mass is 491 g/mol. The van der Waals surface area contributed by atoms with E-state index in [-0.39, 0.29) is 24.0 Å². The lowest BCUT2D eigenvalue weighted by Gasteiger charge is -2.39. The van der Waals surface area contributed by atoms with Crippen LogP contribution in [0.15, 0.2) is 9.41 Å². The summed E-state index contributed by atoms with van der Waals surface area (Å²) in [6.45, 7) is 17.6. The van der Waals surface area contributed by atoms with E-state index in [1.165, 1.54) is 25.9 Å². The zero-order valence-corrected chi connectivity index (χ0v) is 20.2. The molecule has 1 aromatic rings. The molecule has 0 saturated carbocycles. The van der Waals surface area contributed by atoms with E-state index < -0.39 is 0 Å². The molecule has 156 valence electrons. The fraction of sp³-hybridized carbons (Fsp3) is 0.800. The number of halogens is 1. The summed E-state index contributed by atoms with van der Waals surface area (Å²) in [6, 6.07) is 0.526. The number of aliphatic imine (C=N–C) groups is 1. The van der Waals surface area contributed by atoms with Gasteiger partial charge in [0, 0.05) is 19.1 Å². The third kappa shape index (κ3) is 7.60. The lowest BCUT2D eigenvalue weighted by Crippen LogP contribution is -2.51. The van der Waals surface area contributed by atoms with Crippen LogP contribution in [0.5, 0.6) is 0 Å². The molecule has 1 saturated heterocycles. The van der Waals surface area contributed by atoms with Crippen LogP contribution in [0, 0.1) is 25.7 Å². The van der Waals surface area contributed by atoms with Crippen molar-refractivity contribution in [1.29, 1.82) is 0 Å². The van der Waals surface area contributed by atoms with Crippen molar-refractivity contribution < 1.29 is 4.42 Å². The van der Waals surface area contributed by atoms with Gasteiger partial charge in [-0.1, -0.05) is 20.8 Å². The first-order valence-corrected chi connectivity index (χ1v) is 10.1. The Labute approximate surface area is 182 Å². The van der Waals surface area contributed by atoms with E-state index in [2.05, 4.69) is 53.2 Å². The van der Waals surface area contributed by atoms with Gasteiger partial charge in [-0.2, -0.15) is 0 Å². The van der Waals surface area contributed by atoms with Gasteiger partial charge in [-0.05, 0) is 58.5 Å². The molecule has 0 aliphatic carbocycles. The Morgan fingerprint density at radius 2 is 1.93 bits per heavy atom. The molecule has 0 spiro atoms. The second kappa shape index (κ2) is 11.9. The number of aryl methyl sites for hydroxylation is 2. The van der Waals surface area contributed by atoms with Crippen molar-refractivity contribution in [2.45, 2.75) is 67.0 Å². The van der Waals surface area contributed by atoms with Gasteiger partial charge < -0.3 is 15.1 Å². The van der Waals surface area contributed by atoms with E-state index in [1.54, 1.807) is 0 Å². The molecule has 0 aromatic carbocycles. The molecule has 2 heterocycles. The molecule has 1 fully saturated rings. The molecule has 1 aliphatic rings. The quantitative estimate of drug-likeness (QED) is 0.346. The normalized spacial score (nSPS) is 17.7. The van der Waals surface area contributed by atoms with Gasteiger partial charge in [-0.3, -0.25) is 4.90 Å². The number of piperidine rings is 1. The van der Waals surface area contributed by atoms with Crippen molar-refractivity contribution in [1.82, 2.24) is 20.5 Å². The van der Waals surface area contributed by atoms with E-state index in [9.17, 15) is 0 Å². The summed E-state index contributed by atoms with van der Waals surface area (Å²) in [5.41, 5.74) is 0.937. The van der Waals surface area contributed by atoms with E-state index in [0.717, 1.165) is 36.4 Å². The molecule has 2 rings (SSSR count). The van der Waals surface area contributed by atoms with E-state index in [1.807, 2.05) is 13.8 Å². The van der Waals surface area contributed by atoms with E-state index in [4.69, 9.17) is 4.42 Å². The molecule has 7 heteroatoms. The number of guanidine groups is 1. The molecule has 0 amide bonds. The minimum Gasteiger partial charge on any atom is -0.444 e. The summed E-state index contributed by atoms with van der Waals surface area (Å²) >= 11 is 0. The molecule has 27 heavy (non-hydrogen) atoms. The van der Waals surface area contributed by atoms with Gasteiger partial charge in [0.2, 0.25) is 5.89 Å². The number of nitrogens with zero attached hydrogens (tertiary/aromatic N) is 3. The van der Waals surface area contributed by atoms with Gasteiger partial charge in [0.1, 0.15) is 12.3 Å². The maximum absolute atomic E-state index is 5.63. The number of hydrogen-bond donors (Lipinski definition) is 2. The molecule has 1 aromatic heterocycles. The van der Waals surface area contributed by atoms with Crippen LogP contribution in [-0.4, -0.2) is 48.1 Å². The molecule has 0 radical (unpaired) electrons. The molecular weight excluding hydrogens is 453 g/mol. The maximum Gasteiger partial charge on any atom is 0.216 e. The van der Waals surface area contributed by atoms with Crippen LogP contribution >= 0.6 is 24.0 Å². The highest BCUT2D eigenvalue weighted by atomic mass is 127. The van der Waals surface area contributed by atoms with E-state index >= 15 is 0 Å². The number of oxazole rings is 1. The Bertz CT molecular complexity index is 559. The highest BCUT2D eigenvalue weighted by Gasteiger charge is 2.25. The predicted molar refractivity (Wildman–Crippen MR) is 123 cm³/mol. The fourth-order valence-corrected chi connectivity index (χ4v) is 3.44. The summed E-state index contributed by atoms with van der Waals surface area (Å²) in [5, 5.41) is 6.86. The maximum atomic E-state index is 5.63. The summed E-state index contributed by atoms with van der Waals surface area (Å²) in [5.74, 6) is 3.83. The SMILES string of the molecule is CCNC(=NCc1nc(C)c(C)o1)NCC(C(C)C)N1CCC(C)CC1.I. The van der Waals surface area contributed by atoms with Gasteiger partial charge in [0.25, 0.3) is 0 Å². The average molecular weight is 491 g/mol. The first kappa shape index (κ1) is 24.2. The highest BCUT2D eigenvalue weighted by molar-refractivity contribution is 14.0. The molecule has 1 atom stereocenters. The Kier molecular flexibility index (Phi) is 10.7. The largest absolute Gasteiger partial charge is 0.444 e. The summed E-state index contributed by atoms with van der Waals surface area (Å²) in [7, 11) is 0. The van der Waals surface area contributed by atoms with Crippen LogP contribution in [0.2, 0.25) is 0 Å². The van der Waals surface area contributed by atoms with Crippen LogP contribution in [0.1, 0.15) is 57.9 Å². The van der Waals surface area contributed by atoms with Crippen LogP contribution in [-0.2, 0) is 6.54 Å². The molecular formula is C20H38IN5O. The zero-order valence-electron chi connectivity index (χ0n) is 17.8.